The molecule has 0 bridgehead atoms. The van der Waals surface area contributed by atoms with Crippen LogP contribution in [0, 0.1) is 6.92 Å². The highest BCUT2D eigenvalue weighted by Crippen LogP contribution is 2.26. The number of nitrogens with zero attached hydrogens (tertiary/aromatic N) is 2. The zero-order valence-electron chi connectivity index (χ0n) is 15.5. The number of methoxy groups -OCH3 is 1. The van der Waals surface area contributed by atoms with Crippen molar-refractivity contribution in [2.75, 3.05) is 7.11 Å². The Balaban J connectivity index is 1.51. The van der Waals surface area contributed by atoms with Crippen LogP contribution in [-0.4, -0.2) is 24.3 Å². The number of carbonyl (C=O) groups is 1. The first-order chi connectivity index (χ1) is 13.6. The van der Waals surface area contributed by atoms with Crippen molar-refractivity contribution in [3.8, 4) is 11.5 Å². The lowest BCUT2D eigenvalue weighted by atomic mass is 10.1. The van der Waals surface area contributed by atoms with E-state index >= 15 is 0 Å². The fraction of sp³-hybridized carbons (Fsp3) is 0.0870. The van der Waals surface area contributed by atoms with Crippen LogP contribution in [0.2, 0.25) is 0 Å². The summed E-state index contributed by atoms with van der Waals surface area (Å²) in [5.41, 5.74) is 5.89. The fourth-order valence-electron chi connectivity index (χ4n) is 2.82. The Labute approximate surface area is 162 Å². The number of oxazole rings is 1. The Morgan fingerprint density at radius 2 is 1.79 bits per heavy atom. The zero-order valence-corrected chi connectivity index (χ0v) is 15.5. The van der Waals surface area contributed by atoms with Gasteiger partial charge in [0.25, 0.3) is 0 Å². The van der Waals surface area contributed by atoms with Crippen molar-refractivity contribution < 1.29 is 13.9 Å². The average Bonchev–Trinajstić information content (AvgIpc) is 3.15. The SMILES string of the molecule is COC(=O)c1ccc(C=Nc2ccc(-c3nc4ccc(C)cc4o3)cc2)cc1. The summed E-state index contributed by atoms with van der Waals surface area (Å²) in [7, 11) is 1.36. The molecule has 1 heterocycles. The van der Waals surface area contributed by atoms with E-state index in [1.807, 2.05) is 61.5 Å². The third kappa shape index (κ3) is 3.69. The van der Waals surface area contributed by atoms with Gasteiger partial charge in [-0.15, -0.1) is 0 Å². The highest BCUT2D eigenvalue weighted by Gasteiger charge is 2.08. The van der Waals surface area contributed by atoms with Gasteiger partial charge in [-0.1, -0.05) is 18.2 Å². The van der Waals surface area contributed by atoms with Crippen molar-refractivity contribution in [3.05, 3.63) is 83.4 Å². The van der Waals surface area contributed by atoms with Crippen LogP contribution < -0.4 is 0 Å². The van der Waals surface area contributed by atoms with E-state index < -0.39 is 0 Å². The number of aliphatic imine (C=N–C) groups is 1. The number of ether oxygens (including phenoxy) is 1. The van der Waals surface area contributed by atoms with Crippen LogP contribution in [0.15, 0.2) is 76.1 Å². The molecule has 0 N–H and O–H groups in total. The van der Waals surface area contributed by atoms with Crippen LogP contribution in [0.3, 0.4) is 0 Å². The molecule has 0 unspecified atom stereocenters. The third-order valence-electron chi connectivity index (χ3n) is 4.35. The van der Waals surface area contributed by atoms with Crippen molar-refractivity contribution in [3.63, 3.8) is 0 Å². The van der Waals surface area contributed by atoms with Gasteiger partial charge in [-0.2, -0.15) is 0 Å². The van der Waals surface area contributed by atoms with Gasteiger partial charge in [0.15, 0.2) is 5.58 Å². The number of aromatic nitrogens is 1. The quantitative estimate of drug-likeness (QED) is 0.359. The summed E-state index contributed by atoms with van der Waals surface area (Å²) in [6, 6.07) is 20.7. The second-order valence-electron chi connectivity index (χ2n) is 6.41. The monoisotopic (exact) mass is 370 g/mol. The number of carbonyl (C=O) groups excluding carboxylic acids is 1. The Kier molecular flexibility index (Phi) is 4.72. The number of benzene rings is 3. The summed E-state index contributed by atoms with van der Waals surface area (Å²) in [4.78, 5) is 20.5. The van der Waals surface area contributed by atoms with E-state index in [1.54, 1.807) is 18.3 Å². The lowest BCUT2D eigenvalue weighted by Crippen LogP contribution is -2.00. The molecule has 0 atom stereocenters. The first-order valence-electron chi connectivity index (χ1n) is 8.82. The molecule has 4 aromatic rings. The molecule has 3 aromatic carbocycles. The van der Waals surface area contributed by atoms with Crippen molar-refractivity contribution in [2.24, 2.45) is 4.99 Å². The summed E-state index contributed by atoms with van der Waals surface area (Å²) < 4.78 is 10.5. The predicted molar refractivity (Wildman–Crippen MR) is 109 cm³/mol. The largest absolute Gasteiger partial charge is 0.465 e. The van der Waals surface area contributed by atoms with E-state index in [2.05, 4.69) is 9.98 Å². The zero-order chi connectivity index (χ0) is 19.5. The van der Waals surface area contributed by atoms with Gasteiger partial charge in [0.05, 0.1) is 18.4 Å². The van der Waals surface area contributed by atoms with E-state index in [-0.39, 0.29) is 5.97 Å². The number of hydrogen-bond donors (Lipinski definition) is 0. The normalized spacial score (nSPS) is 11.2. The predicted octanol–water partition coefficient (Wildman–Crippen LogP) is 5.34. The summed E-state index contributed by atoms with van der Waals surface area (Å²) in [5.74, 6) is 0.239. The molecule has 0 aliphatic rings. The first kappa shape index (κ1) is 17.7. The van der Waals surface area contributed by atoms with Gasteiger partial charge in [0, 0.05) is 11.8 Å². The maximum atomic E-state index is 11.5. The van der Waals surface area contributed by atoms with Crippen molar-refractivity contribution in [1.82, 2.24) is 4.98 Å². The number of esters is 1. The second-order valence-corrected chi connectivity index (χ2v) is 6.41. The molecule has 4 rings (SSSR count). The summed E-state index contributed by atoms with van der Waals surface area (Å²) in [6.07, 6.45) is 1.75. The van der Waals surface area contributed by atoms with E-state index in [1.165, 1.54) is 7.11 Å². The summed E-state index contributed by atoms with van der Waals surface area (Å²) >= 11 is 0. The number of hydrogen-bond acceptors (Lipinski definition) is 5. The molecule has 1 aromatic heterocycles. The lowest BCUT2D eigenvalue weighted by Gasteiger charge is -2.00. The van der Waals surface area contributed by atoms with Crippen LogP contribution in [0.1, 0.15) is 21.5 Å². The minimum absolute atomic E-state index is 0.353. The average molecular weight is 370 g/mol. The van der Waals surface area contributed by atoms with Crippen molar-refractivity contribution >= 4 is 29.0 Å². The van der Waals surface area contributed by atoms with Gasteiger partial charge in [-0.3, -0.25) is 4.99 Å². The summed E-state index contributed by atoms with van der Waals surface area (Å²) in [5, 5.41) is 0. The van der Waals surface area contributed by atoms with Gasteiger partial charge in [0.2, 0.25) is 5.89 Å². The van der Waals surface area contributed by atoms with Gasteiger partial charge < -0.3 is 9.15 Å². The van der Waals surface area contributed by atoms with Crippen molar-refractivity contribution in [1.29, 1.82) is 0 Å². The number of aryl methyl sites for hydroxylation is 1. The molecule has 28 heavy (non-hydrogen) atoms. The fourth-order valence-corrected chi connectivity index (χ4v) is 2.82. The molecule has 0 amide bonds. The minimum Gasteiger partial charge on any atom is -0.465 e. The minimum atomic E-state index is -0.353. The van der Waals surface area contributed by atoms with Gasteiger partial charge in [-0.05, 0) is 66.6 Å². The Morgan fingerprint density at radius 3 is 2.50 bits per heavy atom. The second kappa shape index (κ2) is 7.48. The van der Waals surface area contributed by atoms with Gasteiger partial charge in [0.1, 0.15) is 5.52 Å². The lowest BCUT2D eigenvalue weighted by molar-refractivity contribution is 0.0600. The van der Waals surface area contributed by atoms with Crippen LogP contribution in [0.25, 0.3) is 22.6 Å². The maximum Gasteiger partial charge on any atom is 0.337 e. The molecule has 5 heteroatoms. The highest BCUT2D eigenvalue weighted by molar-refractivity contribution is 5.91. The molecule has 0 fully saturated rings. The molecule has 0 saturated carbocycles. The molecular formula is C23H18N2O3. The van der Waals surface area contributed by atoms with E-state index in [0.29, 0.717) is 11.5 Å². The van der Waals surface area contributed by atoms with E-state index in [0.717, 1.165) is 33.5 Å². The Bertz CT molecular complexity index is 1160. The Morgan fingerprint density at radius 1 is 1.04 bits per heavy atom. The number of rotatable bonds is 4. The molecule has 0 saturated heterocycles. The maximum absolute atomic E-state index is 11.5. The molecule has 0 aliphatic heterocycles. The molecule has 5 nitrogen and oxygen atoms in total. The van der Waals surface area contributed by atoms with Gasteiger partial charge in [-0.25, -0.2) is 9.78 Å². The first-order valence-corrected chi connectivity index (χ1v) is 8.82. The van der Waals surface area contributed by atoms with Crippen LogP contribution in [-0.2, 0) is 4.74 Å². The standard InChI is InChI=1S/C23H18N2O3/c1-15-3-12-20-21(13-15)28-22(25-20)17-8-10-19(11-9-17)24-14-16-4-6-18(7-5-16)23(26)27-2/h3-14H,1-2H3. The van der Waals surface area contributed by atoms with E-state index in [4.69, 9.17) is 9.15 Å². The molecule has 138 valence electrons. The highest BCUT2D eigenvalue weighted by atomic mass is 16.5. The number of fused-ring (bicyclic) bond motifs is 1. The van der Waals surface area contributed by atoms with Crippen LogP contribution in [0.4, 0.5) is 5.69 Å². The molecule has 0 aliphatic carbocycles. The molecule has 0 radical (unpaired) electrons. The third-order valence-corrected chi connectivity index (χ3v) is 4.35. The summed E-state index contributed by atoms with van der Waals surface area (Å²) in [6.45, 7) is 2.03. The Hall–Kier alpha value is -3.73. The topological polar surface area (TPSA) is 64.7 Å². The molecular weight excluding hydrogens is 352 g/mol. The van der Waals surface area contributed by atoms with Crippen LogP contribution in [0.5, 0.6) is 0 Å². The van der Waals surface area contributed by atoms with Gasteiger partial charge >= 0.3 is 5.97 Å². The molecule has 0 spiro atoms. The van der Waals surface area contributed by atoms with E-state index in [9.17, 15) is 4.79 Å². The van der Waals surface area contributed by atoms with Crippen molar-refractivity contribution in [2.45, 2.75) is 6.92 Å². The smallest absolute Gasteiger partial charge is 0.337 e. The van der Waals surface area contributed by atoms with Crippen LogP contribution >= 0.6 is 0 Å².